The van der Waals surface area contributed by atoms with Crippen molar-refractivity contribution < 1.29 is 19.1 Å². The summed E-state index contributed by atoms with van der Waals surface area (Å²) in [6, 6.07) is 19.2. The summed E-state index contributed by atoms with van der Waals surface area (Å²) < 4.78 is 6.34. The topological polar surface area (TPSA) is 97.7 Å². The molecule has 0 aliphatic carbocycles. The Morgan fingerprint density at radius 3 is 2.25 bits per heavy atom. The predicted octanol–water partition coefficient (Wildman–Crippen LogP) is 2.84. The number of aromatic nitrogens is 1. The van der Waals surface area contributed by atoms with Crippen LogP contribution in [-0.4, -0.2) is 47.3 Å². The normalized spacial score (nSPS) is 14.6. The van der Waals surface area contributed by atoms with Gasteiger partial charge in [0.25, 0.3) is 11.5 Å². The Morgan fingerprint density at radius 1 is 0.944 bits per heavy atom. The van der Waals surface area contributed by atoms with Crippen LogP contribution in [0.25, 0.3) is 0 Å². The lowest BCUT2D eigenvalue weighted by molar-refractivity contribution is -0.137. The number of nitrogens with zero attached hydrogens (tertiary/aromatic N) is 2. The van der Waals surface area contributed by atoms with Gasteiger partial charge in [0, 0.05) is 43.4 Å². The first-order chi connectivity index (χ1) is 17.5. The zero-order valence-corrected chi connectivity index (χ0v) is 20.1. The summed E-state index contributed by atoms with van der Waals surface area (Å²) >= 11 is 0. The van der Waals surface area contributed by atoms with E-state index in [9.17, 15) is 19.2 Å². The second-order valence-electron chi connectivity index (χ2n) is 8.74. The van der Waals surface area contributed by atoms with E-state index >= 15 is 0 Å². The molecule has 0 bridgehead atoms. The third-order valence-corrected chi connectivity index (χ3v) is 6.47. The number of nitrogens with one attached hydrogen (secondary N) is 1. The van der Waals surface area contributed by atoms with Crippen LogP contribution in [0.1, 0.15) is 34.8 Å². The number of ether oxygens (including phenoxy) is 1. The number of carbonyl (C=O) groups excluding carboxylic acids is 3. The average Bonchev–Trinajstić information content (AvgIpc) is 2.93. The Hall–Kier alpha value is -4.20. The standard InChI is InChI=1S/C28H29N3O5/c1-36-23-12-10-20(11-13-23)19-29-27(34)22-14-17-30(18-15-22)28(35)25(31-16-6-5-9-24(31)32)26(33)21-7-3-2-4-8-21/h2-13,16,22,25H,14-15,17-19H2,1H3,(H,29,34). The number of hydrogen-bond acceptors (Lipinski definition) is 5. The lowest BCUT2D eigenvalue weighted by Crippen LogP contribution is -2.48. The van der Waals surface area contributed by atoms with Gasteiger partial charge in [0.05, 0.1) is 7.11 Å². The molecule has 3 aromatic rings. The highest BCUT2D eigenvalue weighted by Crippen LogP contribution is 2.23. The number of carbonyl (C=O) groups is 3. The molecule has 1 aliphatic heterocycles. The van der Waals surface area contributed by atoms with Crippen molar-refractivity contribution in [1.29, 1.82) is 0 Å². The van der Waals surface area contributed by atoms with Crippen molar-refractivity contribution in [3.05, 3.63) is 100 Å². The number of methoxy groups -OCH3 is 1. The molecule has 8 heteroatoms. The SMILES string of the molecule is COc1ccc(CNC(=O)C2CCN(C(=O)C(C(=O)c3ccccc3)n3ccccc3=O)CC2)cc1. The average molecular weight is 488 g/mol. The van der Waals surface area contributed by atoms with Gasteiger partial charge in [-0.25, -0.2) is 0 Å². The zero-order valence-electron chi connectivity index (χ0n) is 20.1. The van der Waals surface area contributed by atoms with Crippen LogP contribution < -0.4 is 15.6 Å². The van der Waals surface area contributed by atoms with Gasteiger partial charge in [0.1, 0.15) is 5.75 Å². The van der Waals surface area contributed by atoms with E-state index in [1.807, 2.05) is 24.3 Å². The summed E-state index contributed by atoms with van der Waals surface area (Å²) in [5.74, 6) is -0.407. The van der Waals surface area contributed by atoms with Crippen molar-refractivity contribution in [3.63, 3.8) is 0 Å². The molecule has 1 fully saturated rings. The van der Waals surface area contributed by atoms with Crippen molar-refractivity contribution >= 4 is 17.6 Å². The van der Waals surface area contributed by atoms with Crippen LogP contribution in [-0.2, 0) is 16.1 Å². The Morgan fingerprint density at radius 2 is 1.61 bits per heavy atom. The van der Waals surface area contributed by atoms with E-state index in [-0.39, 0.29) is 11.8 Å². The number of amides is 2. The summed E-state index contributed by atoms with van der Waals surface area (Å²) in [7, 11) is 1.60. The van der Waals surface area contributed by atoms with E-state index in [2.05, 4.69) is 5.32 Å². The Balaban J connectivity index is 1.41. The smallest absolute Gasteiger partial charge is 0.253 e. The quantitative estimate of drug-likeness (QED) is 0.389. The summed E-state index contributed by atoms with van der Waals surface area (Å²) in [5, 5.41) is 2.96. The molecule has 2 heterocycles. The predicted molar refractivity (Wildman–Crippen MR) is 135 cm³/mol. The molecular weight excluding hydrogens is 458 g/mol. The summed E-state index contributed by atoms with van der Waals surface area (Å²) in [4.78, 5) is 53.7. The number of ketones is 1. The fraction of sp³-hybridized carbons (Fsp3) is 0.286. The molecule has 1 aliphatic rings. The highest BCUT2D eigenvalue weighted by Gasteiger charge is 2.36. The van der Waals surface area contributed by atoms with Gasteiger partial charge in [-0.15, -0.1) is 0 Å². The van der Waals surface area contributed by atoms with Crippen LogP contribution in [0.2, 0.25) is 0 Å². The van der Waals surface area contributed by atoms with Crippen molar-refractivity contribution in [2.75, 3.05) is 20.2 Å². The number of likely N-dealkylation sites (tertiary alicyclic amines) is 1. The number of rotatable bonds is 8. The highest BCUT2D eigenvalue weighted by molar-refractivity contribution is 6.11. The van der Waals surface area contributed by atoms with E-state index in [1.54, 1.807) is 54.5 Å². The van der Waals surface area contributed by atoms with Gasteiger partial charge in [-0.2, -0.15) is 0 Å². The minimum atomic E-state index is -1.29. The van der Waals surface area contributed by atoms with E-state index in [4.69, 9.17) is 4.74 Å². The minimum absolute atomic E-state index is 0.0610. The summed E-state index contributed by atoms with van der Waals surface area (Å²) in [5.41, 5.74) is 0.902. The molecule has 1 aromatic heterocycles. The summed E-state index contributed by atoms with van der Waals surface area (Å²) in [6.45, 7) is 1.08. The van der Waals surface area contributed by atoms with E-state index in [1.165, 1.54) is 16.8 Å². The Kier molecular flexibility index (Phi) is 7.95. The third kappa shape index (κ3) is 5.71. The maximum atomic E-state index is 13.5. The number of benzene rings is 2. The number of pyridine rings is 1. The van der Waals surface area contributed by atoms with Gasteiger partial charge in [0.15, 0.2) is 11.8 Å². The molecule has 0 radical (unpaired) electrons. The number of hydrogen-bond donors (Lipinski definition) is 1. The summed E-state index contributed by atoms with van der Waals surface area (Å²) in [6.07, 6.45) is 2.43. The maximum Gasteiger partial charge on any atom is 0.253 e. The van der Waals surface area contributed by atoms with Crippen LogP contribution >= 0.6 is 0 Å². The van der Waals surface area contributed by atoms with Crippen LogP contribution in [0.15, 0.2) is 83.8 Å². The van der Waals surface area contributed by atoms with Crippen molar-refractivity contribution in [1.82, 2.24) is 14.8 Å². The van der Waals surface area contributed by atoms with E-state index in [0.717, 1.165) is 11.3 Å². The molecule has 0 saturated carbocycles. The molecule has 0 spiro atoms. The maximum absolute atomic E-state index is 13.5. The van der Waals surface area contributed by atoms with Crippen molar-refractivity contribution in [2.45, 2.75) is 25.4 Å². The van der Waals surface area contributed by atoms with Crippen LogP contribution in [0.3, 0.4) is 0 Å². The fourth-order valence-electron chi connectivity index (χ4n) is 4.38. The zero-order chi connectivity index (χ0) is 25.5. The molecule has 8 nitrogen and oxygen atoms in total. The second kappa shape index (κ2) is 11.5. The van der Waals surface area contributed by atoms with Crippen molar-refractivity contribution in [2.24, 2.45) is 5.92 Å². The van der Waals surface area contributed by atoms with Gasteiger partial charge >= 0.3 is 0 Å². The number of piperidine rings is 1. The fourth-order valence-corrected chi connectivity index (χ4v) is 4.38. The largest absolute Gasteiger partial charge is 0.497 e. The van der Waals surface area contributed by atoms with Crippen LogP contribution in [0, 0.1) is 5.92 Å². The second-order valence-corrected chi connectivity index (χ2v) is 8.74. The number of Topliss-reactive ketones (excluding diaryl/α,β-unsaturated/α-hetero) is 1. The minimum Gasteiger partial charge on any atom is -0.497 e. The molecule has 1 saturated heterocycles. The van der Waals surface area contributed by atoms with E-state index < -0.39 is 23.3 Å². The first kappa shape index (κ1) is 24.9. The molecule has 1 N–H and O–H groups in total. The molecular formula is C28H29N3O5. The lowest BCUT2D eigenvalue weighted by atomic mass is 9.94. The molecule has 2 amide bonds. The lowest BCUT2D eigenvalue weighted by Gasteiger charge is -2.33. The molecule has 2 aromatic carbocycles. The van der Waals surface area contributed by atoms with Crippen molar-refractivity contribution in [3.8, 4) is 5.75 Å². The van der Waals surface area contributed by atoms with Gasteiger partial charge in [0.2, 0.25) is 5.91 Å². The third-order valence-electron chi connectivity index (χ3n) is 6.47. The molecule has 1 atom stereocenters. The molecule has 1 unspecified atom stereocenters. The highest BCUT2D eigenvalue weighted by atomic mass is 16.5. The first-order valence-electron chi connectivity index (χ1n) is 11.9. The monoisotopic (exact) mass is 487 g/mol. The van der Waals surface area contributed by atoms with Gasteiger partial charge in [-0.05, 0) is 36.6 Å². The van der Waals surface area contributed by atoms with Gasteiger partial charge in [-0.3, -0.25) is 23.7 Å². The molecule has 4 rings (SSSR count). The van der Waals surface area contributed by atoms with Gasteiger partial charge < -0.3 is 15.0 Å². The van der Waals surface area contributed by atoms with Crippen LogP contribution in [0.5, 0.6) is 5.75 Å². The first-order valence-corrected chi connectivity index (χ1v) is 11.9. The molecule has 186 valence electrons. The van der Waals surface area contributed by atoms with E-state index in [0.29, 0.717) is 38.0 Å². The Labute approximate surface area is 209 Å². The Bertz CT molecular complexity index is 1260. The molecule has 36 heavy (non-hydrogen) atoms. The van der Waals surface area contributed by atoms with Crippen LogP contribution in [0.4, 0.5) is 0 Å². The van der Waals surface area contributed by atoms with Gasteiger partial charge in [-0.1, -0.05) is 48.5 Å².